The average molecular weight is 493 g/mol. The van der Waals surface area contributed by atoms with E-state index in [1.807, 2.05) is 11.3 Å². The van der Waals surface area contributed by atoms with E-state index in [2.05, 4.69) is 125 Å². The van der Waals surface area contributed by atoms with Gasteiger partial charge in [0.25, 0.3) is 0 Å². The van der Waals surface area contributed by atoms with Gasteiger partial charge in [0.15, 0.2) is 0 Å². The van der Waals surface area contributed by atoms with Gasteiger partial charge >= 0.3 is 0 Å². The number of aryl methyl sites for hydroxylation is 3. The topological polar surface area (TPSA) is 0 Å². The molecule has 0 unspecified atom stereocenters. The van der Waals surface area contributed by atoms with E-state index >= 15 is 0 Å². The molecule has 0 N–H and O–H groups in total. The Kier molecular flexibility index (Phi) is 4.99. The summed E-state index contributed by atoms with van der Waals surface area (Å²) in [6.45, 7) is 9.20. The van der Waals surface area contributed by atoms with Crippen molar-refractivity contribution in [2.45, 2.75) is 27.7 Å². The third kappa shape index (κ3) is 3.21. The molecular formula is C36H28S. The third-order valence-corrected chi connectivity index (χ3v) is 9.48. The first-order chi connectivity index (χ1) is 18.0. The van der Waals surface area contributed by atoms with Crippen LogP contribution in [0.2, 0.25) is 0 Å². The summed E-state index contributed by atoms with van der Waals surface area (Å²) in [4.78, 5) is 0. The molecule has 0 fully saturated rings. The molecule has 0 amide bonds. The van der Waals surface area contributed by atoms with Crippen LogP contribution in [0, 0.1) is 27.7 Å². The highest BCUT2D eigenvalue weighted by molar-refractivity contribution is 7.26. The molecule has 0 radical (unpaired) electrons. The highest BCUT2D eigenvalue weighted by atomic mass is 32.1. The number of rotatable bonds is 2. The van der Waals surface area contributed by atoms with Crippen molar-refractivity contribution in [1.82, 2.24) is 0 Å². The zero-order chi connectivity index (χ0) is 25.3. The summed E-state index contributed by atoms with van der Waals surface area (Å²) in [7, 11) is 0. The standard InChI is InChI=1S/C36H28S/c1-21-17-18-25-11-5-6-13-28(25)33(21)35-24(4)34(22(2)26-12-7-8-15-30(26)35)27-19-20-31-29-14-9-10-16-32(29)37-36(31)23(27)3/h5-20H,1-4H3. The van der Waals surface area contributed by atoms with Gasteiger partial charge in [-0.1, -0.05) is 91.0 Å². The predicted octanol–water partition coefficient (Wildman–Crippen LogP) is 10.9. The molecule has 0 aliphatic rings. The number of benzene rings is 6. The maximum Gasteiger partial charge on any atom is 0.0390 e. The summed E-state index contributed by atoms with van der Waals surface area (Å²) in [5.74, 6) is 0. The van der Waals surface area contributed by atoms with Crippen molar-refractivity contribution in [3.8, 4) is 22.3 Å². The second-order valence-electron chi connectivity index (χ2n) is 10.2. The molecule has 1 heteroatoms. The van der Waals surface area contributed by atoms with Crippen LogP contribution in [0.4, 0.5) is 0 Å². The lowest BCUT2D eigenvalue weighted by atomic mass is 9.81. The molecule has 0 saturated carbocycles. The minimum atomic E-state index is 1.29. The van der Waals surface area contributed by atoms with Crippen LogP contribution in [0.5, 0.6) is 0 Å². The van der Waals surface area contributed by atoms with Crippen LogP contribution < -0.4 is 0 Å². The Morgan fingerprint density at radius 1 is 0.432 bits per heavy atom. The zero-order valence-corrected chi connectivity index (χ0v) is 22.5. The molecule has 7 aromatic rings. The molecule has 6 aromatic carbocycles. The van der Waals surface area contributed by atoms with Gasteiger partial charge in [0.2, 0.25) is 0 Å². The van der Waals surface area contributed by atoms with E-state index < -0.39 is 0 Å². The zero-order valence-electron chi connectivity index (χ0n) is 21.6. The molecule has 0 nitrogen and oxygen atoms in total. The fraction of sp³-hybridized carbons (Fsp3) is 0.111. The number of fused-ring (bicyclic) bond motifs is 5. The van der Waals surface area contributed by atoms with Gasteiger partial charge in [-0.2, -0.15) is 0 Å². The minimum Gasteiger partial charge on any atom is -0.135 e. The third-order valence-electron chi connectivity index (χ3n) is 8.18. The van der Waals surface area contributed by atoms with Crippen molar-refractivity contribution >= 4 is 53.1 Å². The largest absolute Gasteiger partial charge is 0.135 e. The van der Waals surface area contributed by atoms with Crippen LogP contribution in [0.15, 0.2) is 97.1 Å². The predicted molar refractivity (Wildman–Crippen MR) is 164 cm³/mol. The highest BCUT2D eigenvalue weighted by Gasteiger charge is 2.21. The van der Waals surface area contributed by atoms with E-state index in [0.717, 1.165) is 0 Å². The van der Waals surface area contributed by atoms with Gasteiger partial charge in [-0.25, -0.2) is 0 Å². The van der Waals surface area contributed by atoms with Gasteiger partial charge in [-0.05, 0) is 99.8 Å². The lowest BCUT2D eigenvalue weighted by Crippen LogP contribution is -1.99. The Morgan fingerprint density at radius 3 is 1.92 bits per heavy atom. The Bertz CT molecular complexity index is 2020. The van der Waals surface area contributed by atoms with Crippen molar-refractivity contribution in [2.75, 3.05) is 0 Å². The molecule has 178 valence electrons. The molecular weight excluding hydrogens is 464 g/mol. The van der Waals surface area contributed by atoms with E-state index in [9.17, 15) is 0 Å². The Balaban J connectivity index is 1.62. The quantitative estimate of drug-likeness (QED) is 0.225. The van der Waals surface area contributed by atoms with E-state index in [4.69, 9.17) is 0 Å². The Labute approximate surface area is 221 Å². The molecule has 0 bridgehead atoms. The Morgan fingerprint density at radius 2 is 1.11 bits per heavy atom. The average Bonchev–Trinajstić information content (AvgIpc) is 3.31. The normalized spacial score (nSPS) is 11.8. The van der Waals surface area contributed by atoms with Gasteiger partial charge in [0.1, 0.15) is 0 Å². The van der Waals surface area contributed by atoms with Crippen molar-refractivity contribution < 1.29 is 0 Å². The fourth-order valence-corrected chi connectivity index (χ4v) is 7.61. The van der Waals surface area contributed by atoms with Crippen molar-refractivity contribution in [2.24, 2.45) is 0 Å². The van der Waals surface area contributed by atoms with Crippen molar-refractivity contribution in [3.05, 3.63) is 119 Å². The van der Waals surface area contributed by atoms with Gasteiger partial charge in [-0.15, -0.1) is 11.3 Å². The molecule has 0 atom stereocenters. The van der Waals surface area contributed by atoms with E-state index in [-0.39, 0.29) is 0 Å². The molecule has 0 aliphatic carbocycles. The molecule has 37 heavy (non-hydrogen) atoms. The smallest absolute Gasteiger partial charge is 0.0390 e. The summed E-state index contributed by atoms with van der Waals surface area (Å²) in [6.07, 6.45) is 0. The number of thiophene rings is 1. The lowest BCUT2D eigenvalue weighted by Gasteiger charge is -2.23. The van der Waals surface area contributed by atoms with E-state index in [0.29, 0.717) is 0 Å². The van der Waals surface area contributed by atoms with E-state index in [1.54, 1.807) is 0 Å². The van der Waals surface area contributed by atoms with Gasteiger partial charge in [0, 0.05) is 20.2 Å². The van der Waals surface area contributed by atoms with Crippen LogP contribution in [0.1, 0.15) is 22.3 Å². The lowest BCUT2D eigenvalue weighted by molar-refractivity contribution is 1.39. The second kappa shape index (κ2) is 8.30. The van der Waals surface area contributed by atoms with Gasteiger partial charge < -0.3 is 0 Å². The van der Waals surface area contributed by atoms with Crippen LogP contribution in [-0.4, -0.2) is 0 Å². The molecule has 0 spiro atoms. The maximum absolute atomic E-state index is 2.36. The van der Waals surface area contributed by atoms with Crippen LogP contribution in [0.3, 0.4) is 0 Å². The summed E-state index contributed by atoms with van der Waals surface area (Å²) in [5, 5.41) is 8.00. The van der Waals surface area contributed by atoms with Crippen LogP contribution in [-0.2, 0) is 0 Å². The Hall–Kier alpha value is -3.94. The molecule has 1 aromatic heterocycles. The summed E-state index contributed by atoms with van der Waals surface area (Å²) in [6, 6.07) is 35.8. The van der Waals surface area contributed by atoms with Crippen LogP contribution in [0.25, 0.3) is 64.0 Å². The number of hydrogen-bond donors (Lipinski definition) is 0. The second-order valence-corrected chi connectivity index (χ2v) is 11.3. The summed E-state index contributed by atoms with van der Waals surface area (Å²) < 4.78 is 2.75. The van der Waals surface area contributed by atoms with Gasteiger partial charge in [0.05, 0.1) is 0 Å². The van der Waals surface area contributed by atoms with E-state index in [1.165, 1.54) is 86.2 Å². The number of hydrogen-bond acceptors (Lipinski definition) is 1. The first-order valence-corrected chi connectivity index (χ1v) is 13.8. The molecule has 1 heterocycles. The fourth-order valence-electron chi connectivity index (χ4n) is 6.40. The first-order valence-electron chi connectivity index (χ1n) is 13.0. The van der Waals surface area contributed by atoms with Crippen LogP contribution >= 0.6 is 11.3 Å². The molecule has 0 aliphatic heterocycles. The SMILES string of the molecule is Cc1ccc2ccccc2c1-c1c(C)c(-c2ccc3c(sc4ccccc43)c2C)c(C)c2ccccc12. The molecule has 7 rings (SSSR count). The minimum absolute atomic E-state index is 1.29. The highest BCUT2D eigenvalue weighted by Crippen LogP contribution is 2.47. The monoisotopic (exact) mass is 492 g/mol. The van der Waals surface area contributed by atoms with Crippen molar-refractivity contribution in [3.63, 3.8) is 0 Å². The maximum atomic E-state index is 2.36. The van der Waals surface area contributed by atoms with Gasteiger partial charge in [-0.3, -0.25) is 0 Å². The molecule has 0 saturated heterocycles. The summed E-state index contributed by atoms with van der Waals surface area (Å²) in [5.41, 5.74) is 10.9. The summed E-state index contributed by atoms with van der Waals surface area (Å²) >= 11 is 1.92. The first kappa shape index (κ1) is 22.3. The van der Waals surface area contributed by atoms with Crippen molar-refractivity contribution in [1.29, 1.82) is 0 Å².